The van der Waals surface area contributed by atoms with Gasteiger partial charge in [-0.2, -0.15) is 0 Å². The molecule has 1 N–H and O–H groups in total. The van der Waals surface area contributed by atoms with E-state index in [0.29, 0.717) is 17.4 Å². The molecule has 1 aliphatic rings. The summed E-state index contributed by atoms with van der Waals surface area (Å²) >= 11 is 0. The molecule has 0 saturated heterocycles. The van der Waals surface area contributed by atoms with Crippen molar-refractivity contribution >= 4 is 5.97 Å². The molecule has 2 nitrogen and oxygen atoms in total. The highest BCUT2D eigenvalue weighted by atomic mass is 16.4. The van der Waals surface area contributed by atoms with E-state index in [-0.39, 0.29) is 5.92 Å². The summed E-state index contributed by atoms with van der Waals surface area (Å²) in [6.45, 7) is 6.25. The predicted octanol–water partition coefficient (Wildman–Crippen LogP) is 4.02. The molecule has 0 radical (unpaired) electrons. The van der Waals surface area contributed by atoms with Crippen LogP contribution in [-0.2, 0) is 0 Å². The molecule has 0 unspecified atom stereocenters. The zero-order valence-electron chi connectivity index (χ0n) is 10.7. The summed E-state index contributed by atoms with van der Waals surface area (Å²) in [7, 11) is 0. The molecule has 0 heterocycles. The zero-order chi connectivity index (χ0) is 12.6. The molecule has 2 rings (SSSR count). The highest BCUT2D eigenvalue weighted by Gasteiger charge is 2.32. The number of hydrogen-bond donors (Lipinski definition) is 1. The number of rotatable bonds is 4. The quantitative estimate of drug-likeness (QED) is 0.851. The maximum Gasteiger partial charge on any atom is 0.336 e. The minimum atomic E-state index is -0.781. The van der Waals surface area contributed by atoms with Crippen molar-refractivity contribution in [1.82, 2.24) is 0 Å². The molecule has 1 atom stereocenters. The predicted molar refractivity (Wildman–Crippen MR) is 68.6 cm³/mol. The average Bonchev–Trinajstić information content (AvgIpc) is 3.10. The minimum Gasteiger partial charge on any atom is -0.478 e. The fourth-order valence-electron chi connectivity index (χ4n) is 2.55. The lowest BCUT2D eigenvalue weighted by molar-refractivity contribution is 0.0693. The van der Waals surface area contributed by atoms with E-state index >= 15 is 0 Å². The van der Waals surface area contributed by atoms with Crippen LogP contribution in [0.25, 0.3) is 0 Å². The molecule has 2 heteroatoms. The molecule has 17 heavy (non-hydrogen) atoms. The molecule has 0 bridgehead atoms. The maximum absolute atomic E-state index is 11.5. The third-order valence-electron chi connectivity index (χ3n) is 3.78. The molecule has 1 aliphatic carbocycles. The second-order valence-corrected chi connectivity index (χ2v) is 5.40. The van der Waals surface area contributed by atoms with E-state index in [1.54, 1.807) is 0 Å². The van der Waals surface area contributed by atoms with Crippen LogP contribution in [-0.4, -0.2) is 11.1 Å². The Labute approximate surface area is 103 Å². The average molecular weight is 232 g/mol. The van der Waals surface area contributed by atoms with Gasteiger partial charge in [0.15, 0.2) is 0 Å². The maximum atomic E-state index is 11.5. The van der Waals surface area contributed by atoms with Crippen molar-refractivity contribution in [2.75, 3.05) is 0 Å². The van der Waals surface area contributed by atoms with Crippen LogP contribution in [0, 0.1) is 5.92 Å². The van der Waals surface area contributed by atoms with Crippen molar-refractivity contribution in [2.24, 2.45) is 5.92 Å². The van der Waals surface area contributed by atoms with Crippen LogP contribution < -0.4 is 0 Å². The first-order valence-electron chi connectivity index (χ1n) is 6.38. The topological polar surface area (TPSA) is 37.3 Å². The van der Waals surface area contributed by atoms with E-state index in [2.05, 4.69) is 6.92 Å². The van der Waals surface area contributed by atoms with Crippen LogP contribution in [0.2, 0.25) is 0 Å². The number of benzene rings is 1. The van der Waals surface area contributed by atoms with Gasteiger partial charge in [0.05, 0.1) is 5.56 Å². The molecule has 1 fully saturated rings. The van der Waals surface area contributed by atoms with Crippen molar-refractivity contribution in [1.29, 1.82) is 0 Å². The Hall–Kier alpha value is -1.31. The molecule has 0 aromatic heterocycles. The van der Waals surface area contributed by atoms with Gasteiger partial charge in [-0.15, -0.1) is 0 Å². The largest absolute Gasteiger partial charge is 0.478 e. The number of carbonyl (C=O) groups is 1. The van der Waals surface area contributed by atoms with Crippen molar-refractivity contribution in [3.8, 4) is 0 Å². The van der Waals surface area contributed by atoms with E-state index in [9.17, 15) is 9.90 Å². The Morgan fingerprint density at radius 2 is 1.82 bits per heavy atom. The van der Waals surface area contributed by atoms with Crippen molar-refractivity contribution in [3.05, 3.63) is 34.9 Å². The smallest absolute Gasteiger partial charge is 0.336 e. The third-order valence-corrected chi connectivity index (χ3v) is 3.78. The van der Waals surface area contributed by atoms with Gasteiger partial charge < -0.3 is 5.11 Å². The molecular weight excluding hydrogens is 212 g/mol. The fraction of sp³-hybridized carbons (Fsp3) is 0.533. The van der Waals surface area contributed by atoms with E-state index in [1.165, 1.54) is 12.8 Å². The Bertz CT molecular complexity index is 431. The zero-order valence-corrected chi connectivity index (χ0v) is 10.7. The summed E-state index contributed by atoms with van der Waals surface area (Å²) in [5, 5.41) is 9.45. The van der Waals surface area contributed by atoms with Gasteiger partial charge in [-0.05, 0) is 41.7 Å². The van der Waals surface area contributed by atoms with Crippen LogP contribution in [0.4, 0.5) is 0 Å². The molecule has 1 aromatic carbocycles. The molecule has 0 amide bonds. The highest BCUT2D eigenvalue weighted by Crippen LogP contribution is 2.44. The lowest BCUT2D eigenvalue weighted by Gasteiger charge is -2.18. The second kappa shape index (κ2) is 4.52. The van der Waals surface area contributed by atoms with E-state index < -0.39 is 5.97 Å². The van der Waals surface area contributed by atoms with Gasteiger partial charge in [0.2, 0.25) is 0 Å². The van der Waals surface area contributed by atoms with Crippen LogP contribution in [0.3, 0.4) is 0 Å². The number of carboxylic acids is 1. The molecule has 92 valence electrons. The number of hydrogen-bond acceptors (Lipinski definition) is 1. The molecule has 1 saturated carbocycles. The molecule has 1 aromatic rings. The monoisotopic (exact) mass is 232 g/mol. The Kier molecular flexibility index (Phi) is 3.23. The molecule has 0 spiro atoms. The SMILES string of the molecule is CC(C)c1cccc([C@H](C)C2CC2)c1C(=O)O. The first kappa shape index (κ1) is 12.2. The summed E-state index contributed by atoms with van der Waals surface area (Å²) in [6.07, 6.45) is 2.48. The highest BCUT2D eigenvalue weighted by molar-refractivity contribution is 5.91. The van der Waals surface area contributed by atoms with E-state index in [1.807, 2.05) is 32.0 Å². The summed E-state index contributed by atoms with van der Waals surface area (Å²) in [6, 6.07) is 5.92. The van der Waals surface area contributed by atoms with Crippen molar-refractivity contribution in [2.45, 2.75) is 45.4 Å². The van der Waals surface area contributed by atoms with Crippen LogP contribution in [0.5, 0.6) is 0 Å². The van der Waals surface area contributed by atoms with Crippen LogP contribution >= 0.6 is 0 Å². The van der Waals surface area contributed by atoms with Crippen LogP contribution in [0.15, 0.2) is 18.2 Å². The normalized spacial score (nSPS) is 17.2. The van der Waals surface area contributed by atoms with Gasteiger partial charge in [-0.25, -0.2) is 4.79 Å². The summed E-state index contributed by atoms with van der Waals surface area (Å²) < 4.78 is 0. The van der Waals surface area contributed by atoms with Gasteiger partial charge >= 0.3 is 5.97 Å². The van der Waals surface area contributed by atoms with E-state index in [4.69, 9.17) is 0 Å². The Morgan fingerprint density at radius 3 is 2.29 bits per heavy atom. The minimum absolute atomic E-state index is 0.257. The third kappa shape index (κ3) is 2.36. The van der Waals surface area contributed by atoms with Gasteiger partial charge in [-0.3, -0.25) is 0 Å². The van der Waals surface area contributed by atoms with E-state index in [0.717, 1.165) is 11.1 Å². The molecular formula is C15H20O2. The lowest BCUT2D eigenvalue weighted by Crippen LogP contribution is -2.11. The standard InChI is InChI=1S/C15H20O2/c1-9(2)12-5-4-6-13(14(12)15(16)17)10(3)11-7-8-11/h4-6,9-11H,7-8H2,1-3H3,(H,16,17)/t10-/m1/s1. The van der Waals surface area contributed by atoms with Crippen molar-refractivity contribution < 1.29 is 9.90 Å². The van der Waals surface area contributed by atoms with Gasteiger partial charge in [0.1, 0.15) is 0 Å². The number of aromatic carboxylic acids is 1. The second-order valence-electron chi connectivity index (χ2n) is 5.40. The lowest BCUT2D eigenvalue weighted by atomic mass is 9.86. The van der Waals surface area contributed by atoms with Gasteiger partial charge in [-0.1, -0.05) is 39.0 Å². The number of carboxylic acid groups (broad SMARTS) is 1. The van der Waals surface area contributed by atoms with Crippen LogP contribution in [0.1, 0.15) is 66.9 Å². The first-order chi connectivity index (χ1) is 8.02. The fourth-order valence-corrected chi connectivity index (χ4v) is 2.55. The van der Waals surface area contributed by atoms with Crippen molar-refractivity contribution in [3.63, 3.8) is 0 Å². The Balaban J connectivity index is 2.49. The summed E-state index contributed by atoms with van der Waals surface area (Å²) in [5.74, 6) is 0.541. The summed E-state index contributed by atoms with van der Waals surface area (Å²) in [4.78, 5) is 11.5. The summed E-state index contributed by atoms with van der Waals surface area (Å²) in [5.41, 5.74) is 2.52. The van der Waals surface area contributed by atoms with Gasteiger partial charge in [0.25, 0.3) is 0 Å². The first-order valence-corrected chi connectivity index (χ1v) is 6.38. The van der Waals surface area contributed by atoms with Gasteiger partial charge in [0, 0.05) is 0 Å². The molecule has 0 aliphatic heterocycles. The Morgan fingerprint density at radius 1 is 1.24 bits per heavy atom.